The first-order chi connectivity index (χ1) is 9.65. The van der Waals surface area contributed by atoms with E-state index >= 15 is 0 Å². The van der Waals surface area contributed by atoms with E-state index in [4.69, 9.17) is 4.74 Å². The number of carbonyl (C=O) groups excluding carboxylic acids is 1. The molecular formula is C15H13FINO2. The zero-order valence-corrected chi connectivity index (χ0v) is 12.8. The molecule has 0 saturated heterocycles. The molecule has 1 N–H and O–H groups in total. The summed E-state index contributed by atoms with van der Waals surface area (Å²) in [6.07, 6.45) is 0. The Hall–Kier alpha value is -1.63. The van der Waals surface area contributed by atoms with Crippen molar-refractivity contribution in [2.45, 2.75) is 6.54 Å². The van der Waals surface area contributed by atoms with Gasteiger partial charge in [0.1, 0.15) is 11.6 Å². The lowest BCUT2D eigenvalue weighted by atomic mass is 10.2. The molecule has 2 aromatic carbocycles. The molecule has 0 aromatic heterocycles. The van der Waals surface area contributed by atoms with Gasteiger partial charge in [0.2, 0.25) is 0 Å². The molecule has 0 unspecified atom stereocenters. The summed E-state index contributed by atoms with van der Waals surface area (Å²) in [7, 11) is 0. The number of rotatable bonds is 5. The Bertz CT molecular complexity index is 587. The maximum Gasteiger partial charge on any atom is 0.258 e. The number of carbonyl (C=O) groups is 1. The second-order valence-electron chi connectivity index (χ2n) is 4.12. The minimum atomic E-state index is -0.290. The summed E-state index contributed by atoms with van der Waals surface area (Å²) in [5.41, 5.74) is 0.842. The number of nitrogens with one attached hydrogen (secondary N) is 1. The van der Waals surface area contributed by atoms with Crippen LogP contribution in [0.4, 0.5) is 4.39 Å². The first kappa shape index (κ1) is 14.8. The first-order valence-electron chi connectivity index (χ1n) is 6.03. The summed E-state index contributed by atoms with van der Waals surface area (Å²) in [5.74, 6) is 0.182. The molecule has 0 radical (unpaired) electrons. The average molecular weight is 385 g/mol. The van der Waals surface area contributed by atoms with E-state index in [1.54, 1.807) is 12.1 Å². The second kappa shape index (κ2) is 7.23. The van der Waals surface area contributed by atoms with Crippen LogP contribution in [0, 0.1) is 9.39 Å². The molecule has 0 bridgehead atoms. The third kappa shape index (κ3) is 4.48. The van der Waals surface area contributed by atoms with Crippen molar-refractivity contribution in [3.63, 3.8) is 0 Å². The normalized spacial score (nSPS) is 10.1. The molecule has 20 heavy (non-hydrogen) atoms. The molecule has 0 spiro atoms. The smallest absolute Gasteiger partial charge is 0.258 e. The van der Waals surface area contributed by atoms with Gasteiger partial charge in [0, 0.05) is 6.54 Å². The standard InChI is InChI=1S/C15H13FINO2/c16-12-7-5-11(6-8-12)9-18-15(19)10-20-14-4-2-1-3-13(14)17/h1-8H,9-10H2,(H,18,19). The van der Waals surface area contributed by atoms with E-state index in [0.29, 0.717) is 12.3 Å². The summed E-state index contributed by atoms with van der Waals surface area (Å²) in [6.45, 7) is 0.315. The van der Waals surface area contributed by atoms with E-state index in [9.17, 15) is 9.18 Å². The van der Waals surface area contributed by atoms with Crippen LogP contribution in [0.25, 0.3) is 0 Å². The van der Waals surface area contributed by atoms with Crippen LogP contribution in [0.5, 0.6) is 5.75 Å². The molecular weight excluding hydrogens is 372 g/mol. The lowest BCUT2D eigenvalue weighted by molar-refractivity contribution is -0.123. The Morgan fingerprint density at radius 3 is 2.55 bits per heavy atom. The SMILES string of the molecule is O=C(COc1ccccc1I)NCc1ccc(F)cc1. The molecule has 0 aliphatic heterocycles. The maximum absolute atomic E-state index is 12.7. The van der Waals surface area contributed by atoms with E-state index in [0.717, 1.165) is 9.13 Å². The van der Waals surface area contributed by atoms with Crippen molar-refractivity contribution in [1.29, 1.82) is 0 Å². The van der Waals surface area contributed by atoms with Crippen molar-refractivity contribution in [2.24, 2.45) is 0 Å². The molecule has 0 saturated carbocycles. The molecule has 5 heteroatoms. The van der Waals surface area contributed by atoms with Crippen molar-refractivity contribution >= 4 is 28.5 Å². The van der Waals surface area contributed by atoms with Crippen LogP contribution in [0.2, 0.25) is 0 Å². The van der Waals surface area contributed by atoms with E-state index in [-0.39, 0.29) is 18.3 Å². The van der Waals surface area contributed by atoms with E-state index < -0.39 is 0 Å². The minimum Gasteiger partial charge on any atom is -0.483 e. The van der Waals surface area contributed by atoms with Gasteiger partial charge in [-0.1, -0.05) is 24.3 Å². The van der Waals surface area contributed by atoms with E-state index in [1.165, 1.54) is 12.1 Å². The minimum absolute atomic E-state index is 0.0405. The predicted molar refractivity (Wildman–Crippen MR) is 82.9 cm³/mol. The van der Waals surface area contributed by atoms with E-state index in [2.05, 4.69) is 27.9 Å². The number of hydrogen-bond acceptors (Lipinski definition) is 2. The van der Waals surface area contributed by atoms with Crippen LogP contribution < -0.4 is 10.1 Å². The molecule has 3 nitrogen and oxygen atoms in total. The van der Waals surface area contributed by atoms with Gasteiger partial charge in [0.05, 0.1) is 3.57 Å². The second-order valence-corrected chi connectivity index (χ2v) is 5.28. The fourth-order valence-corrected chi connectivity index (χ4v) is 2.10. The average Bonchev–Trinajstić information content (AvgIpc) is 2.46. The number of ether oxygens (including phenoxy) is 1. The predicted octanol–water partition coefficient (Wildman–Crippen LogP) is 3.13. The van der Waals surface area contributed by atoms with Gasteiger partial charge in [0.15, 0.2) is 6.61 Å². The van der Waals surface area contributed by atoms with Crippen LogP contribution in [-0.2, 0) is 11.3 Å². The Morgan fingerprint density at radius 1 is 1.15 bits per heavy atom. The molecule has 0 atom stereocenters. The van der Waals surface area contributed by atoms with Crippen LogP contribution in [-0.4, -0.2) is 12.5 Å². The van der Waals surface area contributed by atoms with Crippen LogP contribution in [0.3, 0.4) is 0 Å². The van der Waals surface area contributed by atoms with Gasteiger partial charge in [-0.15, -0.1) is 0 Å². The number of halogens is 2. The Balaban J connectivity index is 1.78. The van der Waals surface area contributed by atoms with Crippen molar-refractivity contribution in [2.75, 3.05) is 6.61 Å². The Labute approximate surface area is 130 Å². The lowest BCUT2D eigenvalue weighted by Crippen LogP contribution is -2.28. The Morgan fingerprint density at radius 2 is 1.85 bits per heavy atom. The van der Waals surface area contributed by atoms with Gasteiger partial charge in [0.25, 0.3) is 5.91 Å². The van der Waals surface area contributed by atoms with Crippen molar-refractivity contribution in [1.82, 2.24) is 5.32 Å². The van der Waals surface area contributed by atoms with Gasteiger partial charge >= 0.3 is 0 Å². The molecule has 0 aliphatic carbocycles. The Kier molecular flexibility index (Phi) is 5.34. The number of amides is 1. The highest BCUT2D eigenvalue weighted by atomic mass is 127. The summed E-state index contributed by atoms with van der Waals surface area (Å²) in [5, 5.41) is 2.72. The molecule has 0 heterocycles. The fourth-order valence-electron chi connectivity index (χ4n) is 1.56. The highest BCUT2D eigenvalue weighted by molar-refractivity contribution is 14.1. The largest absolute Gasteiger partial charge is 0.483 e. The van der Waals surface area contributed by atoms with Crippen molar-refractivity contribution < 1.29 is 13.9 Å². The van der Waals surface area contributed by atoms with Gasteiger partial charge in [-0.2, -0.15) is 0 Å². The summed E-state index contributed by atoms with van der Waals surface area (Å²) >= 11 is 2.15. The molecule has 0 fully saturated rings. The van der Waals surface area contributed by atoms with Crippen LogP contribution >= 0.6 is 22.6 Å². The number of hydrogen-bond donors (Lipinski definition) is 1. The highest BCUT2D eigenvalue weighted by Gasteiger charge is 2.05. The number of para-hydroxylation sites is 1. The maximum atomic E-state index is 12.7. The topological polar surface area (TPSA) is 38.3 Å². The molecule has 1 amide bonds. The highest BCUT2D eigenvalue weighted by Crippen LogP contribution is 2.19. The molecule has 2 rings (SSSR count). The molecule has 104 valence electrons. The van der Waals surface area contributed by atoms with E-state index in [1.807, 2.05) is 24.3 Å². The summed E-state index contributed by atoms with van der Waals surface area (Å²) in [4.78, 5) is 11.7. The third-order valence-electron chi connectivity index (χ3n) is 2.60. The van der Waals surface area contributed by atoms with Crippen molar-refractivity contribution in [3.8, 4) is 5.75 Å². The van der Waals surface area contributed by atoms with Gasteiger partial charge in [-0.25, -0.2) is 4.39 Å². The summed E-state index contributed by atoms with van der Waals surface area (Å²) in [6, 6.07) is 13.5. The quantitative estimate of drug-likeness (QED) is 0.804. The fraction of sp³-hybridized carbons (Fsp3) is 0.133. The monoisotopic (exact) mass is 385 g/mol. The number of benzene rings is 2. The zero-order chi connectivity index (χ0) is 14.4. The summed E-state index contributed by atoms with van der Waals surface area (Å²) < 4.78 is 19.1. The van der Waals surface area contributed by atoms with Crippen molar-refractivity contribution in [3.05, 3.63) is 63.5 Å². The van der Waals surface area contributed by atoms with Gasteiger partial charge < -0.3 is 10.1 Å². The van der Waals surface area contributed by atoms with Crippen LogP contribution in [0.15, 0.2) is 48.5 Å². The zero-order valence-electron chi connectivity index (χ0n) is 10.6. The lowest BCUT2D eigenvalue weighted by Gasteiger charge is -2.08. The van der Waals surface area contributed by atoms with Gasteiger partial charge in [-0.05, 0) is 52.4 Å². The van der Waals surface area contributed by atoms with Crippen LogP contribution in [0.1, 0.15) is 5.56 Å². The third-order valence-corrected chi connectivity index (χ3v) is 3.49. The van der Waals surface area contributed by atoms with Gasteiger partial charge in [-0.3, -0.25) is 4.79 Å². The molecule has 0 aliphatic rings. The first-order valence-corrected chi connectivity index (χ1v) is 7.11. The molecule has 2 aromatic rings.